The smallest absolute Gasteiger partial charge is 0.0409 e. The van der Waals surface area contributed by atoms with E-state index < -0.39 is 0 Å². The van der Waals surface area contributed by atoms with Gasteiger partial charge in [-0.05, 0) is 36.7 Å². The van der Waals surface area contributed by atoms with Crippen molar-refractivity contribution in [1.82, 2.24) is 10.2 Å². The maximum Gasteiger partial charge on any atom is 0.0409 e. The normalized spacial score (nSPS) is 12.1. The third-order valence-corrected chi connectivity index (χ3v) is 3.13. The molecule has 0 aromatic heterocycles. The van der Waals surface area contributed by atoms with Crippen LogP contribution in [0.1, 0.15) is 26.3 Å². The minimum Gasteiger partial charge on any atom is -0.316 e. The molecule has 0 aliphatic rings. The third-order valence-electron chi connectivity index (χ3n) is 2.89. The molecule has 1 aromatic carbocycles. The predicted octanol–water partition coefficient (Wildman–Crippen LogP) is 3.41. The SMILES string of the molecule is CCNCC(C)(C)CN(C)Cc1cccc(Cl)c1. The summed E-state index contributed by atoms with van der Waals surface area (Å²) in [6, 6.07) is 8.09. The van der Waals surface area contributed by atoms with Crippen LogP contribution in [0.15, 0.2) is 24.3 Å². The maximum atomic E-state index is 6.00. The Morgan fingerprint density at radius 1 is 1.33 bits per heavy atom. The fourth-order valence-corrected chi connectivity index (χ4v) is 2.47. The Bertz CT molecular complexity index is 363. The Labute approximate surface area is 116 Å². The quantitative estimate of drug-likeness (QED) is 0.815. The van der Waals surface area contributed by atoms with Gasteiger partial charge in [0.15, 0.2) is 0 Å². The molecule has 102 valence electrons. The van der Waals surface area contributed by atoms with Gasteiger partial charge in [-0.3, -0.25) is 0 Å². The molecule has 0 bridgehead atoms. The summed E-state index contributed by atoms with van der Waals surface area (Å²) in [4.78, 5) is 2.35. The van der Waals surface area contributed by atoms with Crippen LogP contribution < -0.4 is 5.32 Å². The van der Waals surface area contributed by atoms with Crippen LogP contribution in [0.3, 0.4) is 0 Å². The highest BCUT2D eigenvalue weighted by molar-refractivity contribution is 6.30. The monoisotopic (exact) mass is 268 g/mol. The summed E-state index contributed by atoms with van der Waals surface area (Å²) in [5.41, 5.74) is 1.55. The van der Waals surface area contributed by atoms with Crippen molar-refractivity contribution in [3.05, 3.63) is 34.9 Å². The van der Waals surface area contributed by atoms with Gasteiger partial charge in [0.25, 0.3) is 0 Å². The molecule has 1 N–H and O–H groups in total. The molecule has 0 aliphatic heterocycles. The highest BCUT2D eigenvalue weighted by Gasteiger charge is 2.19. The fourth-order valence-electron chi connectivity index (χ4n) is 2.25. The molecule has 0 atom stereocenters. The lowest BCUT2D eigenvalue weighted by Gasteiger charge is -2.30. The highest BCUT2D eigenvalue weighted by atomic mass is 35.5. The van der Waals surface area contributed by atoms with Crippen molar-refractivity contribution in [2.24, 2.45) is 5.41 Å². The molecule has 3 heteroatoms. The maximum absolute atomic E-state index is 6.00. The Balaban J connectivity index is 2.48. The third kappa shape index (κ3) is 5.85. The average molecular weight is 269 g/mol. The predicted molar refractivity (Wildman–Crippen MR) is 80.1 cm³/mol. The van der Waals surface area contributed by atoms with Crippen molar-refractivity contribution >= 4 is 11.6 Å². The number of nitrogens with zero attached hydrogens (tertiary/aromatic N) is 1. The summed E-state index contributed by atoms with van der Waals surface area (Å²) >= 11 is 6.00. The molecule has 0 aliphatic carbocycles. The zero-order chi connectivity index (χ0) is 13.6. The second-order valence-electron chi connectivity index (χ2n) is 5.75. The number of nitrogens with one attached hydrogen (secondary N) is 1. The first kappa shape index (κ1) is 15.5. The first-order valence-electron chi connectivity index (χ1n) is 6.56. The van der Waals surface area contributed by atoms with Crippen LogP contribution in [-0.4, -0.2) is 31.6 Å². The van der Waals surface area contributed by atoms with Crippen LogP contribution in [0, 0.1) is 5.41 Å². The van der Waals surface area contributed by atoms with E-state index >= 15 is 0 Å². The molecule has 2 nitrogen and oxygen atoms in total. The van der Waals surface area contributed by atoms with Crippen LogP contribution in [0.25, 0.3) is 0 Å². The Kier molecular flexibility index (Phi) is 6.13. The molecule has 0 saturated carbocycles. The molecule has 0 radical (unpaired) electrons. The molecule has 0 amide bonds. The molecule has 1 aromatic rings. The summed E-state index contributed by atoms with van der Waals surface area (Å²) in [6.45, 7) is 10.8. The van der Waals surface area contributed by atoms with E-state index in [-0.39, 0.29) is 5.41 Å². The average Bonchev–Trinajstić information content (AvgIpc) is 2.25. The van der Waals surface area contributed by atoms with Gasteiger partial charge in [-0.2, -0.15) is 0 Å². The summed E-state index contributed by atoms with van der Waals surface area (Å²) in [7, 11) is 2.16. The molecule has 0 spiro atoms. The van der Waals surface area contributed by atoms with Gasteiger partial charge in [0, 0.05) is 24.7 Å². The first-order valence-corrected chi connectivity index (χ1v) is 6.94. The standard InChI is InChI=1S/C15H25ClN2/c1-5-17-11-15(2,3)12-18(4)10-13-7-6-8-14(16)9-13/h6-9,17H,5,10-12H2,1-4H3. The summed E-state index contributed by atoms with van der Waals surface area (Å²) in [5.74, 6) is 0. The number of hydrogen-bond donors (Lipinski definition) is 1. The number of halogens is 1. The van der Waals surface area contributed by atoms with E-state index in [9.17, 15) is 0 Å². The molecule has 0 fully saturated rings. The van der Waals surface area contributed by atoms with Crippen molar-refractivity contribution in [3.8, 4) is 0 Å². The van der Waals surface area contributed by atoms with Crippen LogP contribution >= 0.6 is 11.6 Å². The Morgan fingerprint density at radius 2 is 2.06 bits per heavy atom. The van der Waals surface area contributed by atoms with Gasteiger partial charge >= 0.3 is 0 Å². The molecule has 0 saturated heterocycles. The molecule has 18 heavy (non-hydrogen) atoms. The van der Waals surface area contributed by atoms with Gasteiger partial charge in [0.2, 0.25) is 0 Å². The van der Waals surface area contributed by atoms with Crippen LogP contribution in [0.5, 0.6) is 0 Å². The topological polar surface area (TPSA) is 15.3 Å². The lowest BCUT2D eigenvalue weighted by Crippen LogP contribution is -2.38. The highest BCUT2D eigenvalue weighted by Crippen LogP contribution is 2.17. The first-order chi connectivity index (χ1) is 8.43. The van der Waals surface area contributed by atoms with Gasteiger partial charge in [-0.15, -0.1) is 0 Å². The van der Waals surface area contributed by atoms with E-state index in [1.165, 1.54) is 5.56 Å². The lowest BCUT2D eigenvalue weighted by molar-refractivity contribution is 0.199. The molecule has 1 rings (SSSR count). The van der Waals surface area contributed by atoms with E-state index in [4.69, 9.17) is 11.6 Å². The van der Waals surface area contributed by atoms with Gasteiger partial charge in [-0.1, -0.05) is 44.5 Å². The second-order valence-corrected chi connectivity index (χ2v) is 6.18. The zero-order valence-corrected chi connectivity index (χ0v) is 12.7. The van der Waals surface area contributed by atoms with E-state index in [0.29, 0.717) is 0 Å². The molecular formula is C15H25ClN2. The lowest BCUT2D eigenvalue weighted by atomic mass is 9.92. The van der Waals surface area contributed by atoms with Crippen molar-refractivity contribution in [2.45, 2.75) is 27.3 Å². The summed E-state index contributed by atoms with van der Waals surface area (Å²) in [6.07, 6.45) is 0. The second kappa shape index (κ2) is 7.13. The number of hydrogen-bond acceptors (Lipinski definition) is 2. The van der Waals surface area contributed by atoms with E-state index in [0.717, 1.165) is 31.2 Å². The minimum absolute atomic E-state index is 0.281. The number of rotatable bonds is 7. The van der Waals surface area contributed by atoms with Crippen molar-refractivity contribution in [2.75, 3.05) is 26.7 Å². The van der Waals surface area contributed by atoms with Gasteiger partial charge in [0.1, 0.15) is 0 Å². The van der Waals surface area contributed by atoms with Gasteiger partial charge < -0.3 is 10.2 Å². The fraction of sp³-hybridized carbons (Fsp3) is 0.600. The Hall–Kier alpha value is -0.570. The van der Waals surface area contributed by atoms with Gasteiger partial charge in [-0.25, -0.2) is 0 Å². The van der Waals surface area contributed by atoms with Crippen LogP contribution in [0.4, 0.5) is 0 Å². The molecule has 0 heterocycles. The van der Waals surface area contributed by atoms with E-state index in [1.54, 1.807) is 0 Å². The minimum atomic E-state index is 0.281. The van der Waals surface area contributed by atoms with E-state index in [2.05, 4.69) is 44.1 Å². The van der Waals surface area contributed by atoms with Gasteiger partial charge in [0.05, 0.1) is 0 Å². The summed E-state index contributed by atoms with van der Waals surface area (Å²) < 4.78 is 0. The Morgan fingerprint density at radius 3 is 2.67 bits per heavy atom. The largest absolute Gasteiger partial charge is 0.316 e. The van der Waals surface area contributed by atoms with Crippen LogP contribution in [0.2, 0.25) is 5.02 Å². The van der Waals surface area contributed by atoms with Crippen molar-refractivity contribution in [1.29, 1.82) is 0 Å². The molecule has 0 unspecified atom stereocenters. The van der Waals surface area contributed by atoms with E-state index in [1.807, 2.05) is 18.2 Å². The zero-order valence-electron chi connectivity index (χ0n) is 12.0. The van der Waals surface area contributed by atoms with Crippen molar-refractivity contribution in [3.63, 3.8) is 0 Å². The number of benzene rings is 1. The molecular weight excluding hydrogens is 244 g/mol. The van der Waals surface area contributed by atoms with Crippen molar-refractivity contribution < 1.29 is 0 Å². The summed E-state index contributed by atoms with van der Waals surface area (Å²) in [5, 5.41) is 4.23. The van der Waals surface area contributed by atoms with Crippen LogP contribution in [-0.2, 0) is 6.54 Å².